The third-order valence-electron chi connectivity index (χ3n) is 6.27. The monoisotopic (exact) mass is 450 g/mol. The smallest absolute Gasteiger partial charge is 0.224 e. The van der Waals surface area contributed by atoms with Crippen LogP contribution in [0.2, 0.25) is 0 Å². The molecule has 1 N–H and O–H groups in total. The lowest BCUT2D eigenvalue weighted by Crippen LogP contribution is -2.38. The lowest BCUT2D eigenvalue weighted by molar-refractivity contribution is -0.118. The predicted molar refractivity (Wildman–Crippen MR) is 127 cm³/mol. The summed E-state index contributed by atoms with van der Waals surface area (Å²) in [5, 5.41) is 3.49. The number of ketones is 1. The van der Waals surface area contributed by atoms with Crippen LogP contribution in [0.3, 0.4) is 0 Å². The Kier molecular flexibility index (Phi) is 5.82. The van der Waals surface area contributed by atoms with Crippen molar-refractivity contribution < 1.29 is 23.8 Å². The number of nitrogens with zero attached hydrogens (tertiary/aromatic N) is 1. The minimum absolute atomic E-state index is 0.00893. The summed E-state index contributed by atoms with van der Waals surface area (Å²) >= 11 is 0. The Morgan fingerprint density at radius 2 is 1.70 bits per heavy atom. The second-order valence-corrected chi connectivity index (χ2v) is 9.19. The lowest BCUT2D eigenvalue weighted by atomic mass is 9.73. The minimum Gasteiger partial charge on any atom is -0.493 e. The molecule has 174 valence electrons. The van der Waals surface area contributed by atoms with E-state index in [0.717, 1.165) is 11.4 Å². The molecule has 0 spiro atoms. The summed E-state index contributed by atoms with van der Waals surface area (Å²) in [6.45, 7) is 5.68. The lowest BCUT2D eigenvalue weighted by Gasteiger charge is -2.37. The largest absolute Gasteiger partial charge is 0.493 e. The topological polar surface area (TPSA) is 77.1 Å². The Labute approximate surface area is 194 Å². The van der Waals surface area contributed by atoms with Gasteiger partial charge in [0.25, 0.3) is 0 Å². The van der Waals surface area contributed by atoms with E-state index < -0.39 is 6.04 Å². The van der Waals surface area contributed by atoms with E-state index in [9.17, 15) is 9.59 Å². The van der Waals surface area contributed by atoms with Gasteiger partial charge in [0.05, 0.1) is 38.7 Å². The van der Waals surface area contributed by atoms with Gasteiger partial charge in [-0.15, -0.1) is 0 Å². The van der Waals surface area contributed by atoms with E-state index >= 15 is 0 Å². The summed E-state index contributed by atoms with van der Waals surface area (Å²) < 4.78 is 16.8. The van der Waals surface area contributed by atoms with Crippen molar-refractivity contribution in [2.75, 3.05) is 31.5 Å². The van der Waals surface area contributed by atoms with E-state index in [-0.39, 0.29) is 17.1 Å². The highest BCUT2D eigenvalue weighted by Gasteiger charge is 2.44. The van der Waals surface area contributed by atoms with Crippen molar-refractivity contribution in [3.63, 3.8) is 0 Å². The van der Waals surface area contributed by atoms with Gasteiger partial charge in [0, 0.05) is 30.2 Å². The van der Waals surface area contributed by atoms with Gasteiger partial charge < -0.3 is 19.5 Å². The van der Waals surface area contributed by atoms with Crippen LogP contribution < -0.4 is 24.4 Å². The number of allylic oxidation sites excluding steroid dienone is 1. The van der Waals surface area contributed by atoms with E-state index in [2.05, 4.69) is 19.2 Å². The minimum atomic E-state index is -0.688. The van der Waals surface area contributed by atoms with E-state index in [1.54, 1.807) is 25.2 Å². The highest BCUT2D eigenvalue weighted by atomic mass is 16.5. The average molecular weight is 451 g/mol. The van der Waals surface area contributed by atoms with Crippen LogP contribution in [0, 0.1) is 5.41 Å². The third-order valence-corrected chi connectivity index (χ3v) is 6.27. The second-order valence-electron chi connectivity index (χ2n) is 9.19. The van der Waals surface area contributed by atoms with Gasteiger partial charge in [0.2, 0.25) is 11.7 Å². The van der Waals surface area contributed by atoms with Gasteiger partial charge in [0.15, 0.2) is 17.3 Å². The van der Waals surface area contributed by atoms with Crippen molar-refractivity contribution >= 4 is 23.1 Å². The molecule has 2 aliphatic rings. The maximum atomic E-state index is 13.6. The number of benzene rings is 2. The maximum absolute atomic E-state index is 13.6. The van der Waals surface area contributed by atoms with Crippen LogP contribution in [0.25, 0.3) is 0 Å². The molecule has 0 aromatic heterocycles. The Bertz CT molecular complexity index is 1150. The van der Waals surface area contributed by atoms with Crippen LogP contribution in [0.4, 0.5) is 11.4 Å². The second kappa shape index (κ2) is 8.46. The van der Waals surface area contributed by atoms with Crippen LogP contribution in [-0.4, -0.2) is 33.0 Å². The van der Waals surface area contributed by atoms with Crippen LogP contribution in [0.15, 0.2) is 47.7 Å². The van der Waals surface area contributed by atoms with E-state index in [4.69, 9.17) is 14.2 Å². The first-order valence-corrected chi connectivity index (χ1v) is 10.9. The van der Waals surface area contributed by atoms with Gasteiger partial charge in [-0.25, -0.2) is 0 Å². The molecule has 0 saturated carbocycles. The Hall–Kier alpha value is -3.48. The van der Waals surface area contributed by atoms with E-state index in [1.807, 2.05) is 30.3 Å². The number of ether oxygens (including phenoxy) is 3. The number of para-hydroxylation sites is 2. The number of fused-ring (bicyclic) bond motifs is 1. The highest BCUT2D eigenvalue weighted by Crippen LogP contribution is 2.52. The van der Waals surface area contributed by atoms with Gasteiger partial charge in [-0.3, -0.25) is 14.5 Å². The fourth-order valence-electron chi connectivity index (χ4n) is 4.97. The maximum Gasteiger partial charge on any atom is 0.224 e. The van der Waals surface area contributed by atoms with Crippen molar-refractivity contribution in [2.45, 2.75) is 39.7 Å². The predicted octanol–water partition coefficient (Wildman–Crippen LogP) is 4.88. The van der Waals surface area contributed by atoms with E-state index in [0.29, 0.717) is 46.9 Å². The van der Waals surface area contributed by atoms with Gasteiger partial charge in [0.1, 0.15) is 0 Å². The number of amides is 1. The molecule has 7 nitrogen and oxygen atoms in total. The van der Waals surface area contributed by atoms with Crippen LogP contribution >= 0.6 is 0 Å². The fraction of sp³-hybridized carbons (Fsp3) is 0.385. The molecule has 1 aliphatic carbocycles. The summed E-state index contributed by atoms with van der Waals surface area (Å²) in [6, 6.07) is 10.5. The van der Waals surface area contributed by atoms with E-state index in [1.165, 1.54) is 14.0 Å². The summed E-state index contributed by atoms with van der Waals surface area (Å²) in [7, 11) is 4.64. The number of carbonyl (C=O) groups excluding carboxylic acids is 2. The first kappa shape index (κ1) is 22.7. The summed E-state index contributed by atoms with van der Waals surface area (Å²) in [6.07, 6.45) is 1.07. The van der Waals surface area contributed by atoms with Crippen LogP contribution in [0.5, 0.6) is 17.2 Å². The molecule has 4 rings (SSSR count). The molecule has 0 saturated heterocycles. The molecule has 33 heavy (non-hydrogen) atoms. The zero-order valence-corrected chi connectivity index (χ0v) is 19.9. The molecule has 2 aromatic rings. The number of Topliss-reactive ketones (excluding diaryl/α,β-unsaturated/α-hetero) is 1. The van der Waals surface area contributed by atoms with Crippen molar-refractivity contribution in [3.8, 4) is 17.2 Å². The van der Waals surface area contributed by atoms with Gasteiger partial charge in [-0.2, -0.15) is 0 Å². The third kappa shape index (κ3) is 3.81. The van der Waals surface area contributed by atoms with Gasteiger partial charge >= 0.3 is 0 Å². The number of methoxy groups -OCH3 is 3. The molecule has 0 radical (unpaired) electrons. The van der Waals surface area contributed by atoms with Crippen molar-refractivity contribution in [1.82, 2.24) is 0 Å². The SMILES string of the molecule is COc1ccc([C@H]2C3=C(CC(C)(C)CC3=O)Nc3ccccc3N2C(C)=O)c(OC)c1OC. The molecule has 1 amide bonds. The van der Waals surface area contributed by atoms with Gasteiger partial charge in [-0.05, 0) is 36.1 Å². The van der Waals surface area contributed by atoms with Crippen molar-refractivity contribution in [2.24, 2.45) is 5.41 Å². The first-order valence-electron chi connectivity index (χ1n) is 10.9. The Morgan fingerprint density at radius 3 is 2.33 bits per heavy atom. The van der Waals surface area contributed by atoms with Crippen molar-refractivity contribution in [3.05, 3.63) is 53.2 Å². The molecule has 1 atom stereocenters. The summed E-state index contributed by atoms with van der Waals surface area (Å²) in [5.41, 5.74) is 3.35. The standard InChI is InChI=1S/C26H30N2O5/c1-15(29)28-19-10-8-7-9-17(19)27-18-13-26(2,3)14-20(30)22(18)23(28)16-11-12-21(31-4)25(33-6)24(16)32-5/h7-12,23,27H,13-14H2,1-6H3/t23-/m0/s1. The number of nitrogens with one attached hydrogen (secondary N) is 1. The normalized spacial score (nSPS) is 19.2. The number of rotatable bonds is 4. The molecule has 0 bridgehead atoms. The average Bonchev–Trinajstić information content (AvgIpc) is 2.91. The summed E-state index contributed by atoms with van der Waals surface area (Å²) in [4.78, 5) is 28.5. The highest BCUT2D eigenvalue weighted by molar-refractivity contribution is 6.06. The first-order chi connectivity index (χ1) is 15.7. The Morgan fingerprint density at radius 1 is 1.00 bits per heavy atom. The molecular weight excluding hydrogens is 420 g/mol. The zero-order chi connectivity index (χ0) is 23.9. The zero-order valence-electron chi connectivity index (χ0n) is 19.9. The summed E-state index contributed by atoms with van der Waals surface area (Å²) in [5.74, 6) is 1.17. The molecule has 7 heteroatoms. The Balaban J connectivity index is 2.07. The number of carbonyl (C=O) groups is 2. The number of anilines is 2. The molecule has 2 aromatic carbocycles. The molecule has 1 aliphatic heterocycles. The fourth-order valence-corrected chi connectivity index (χ4v) is 4.97. The van der Waals surface area contributed by atoms with Crippen molar-refractivity contribution in [1.29, 1.82) is 0 Å². The molecular formula is C26H30N2O5. The van der Waals surface area contributed by atoms with Crippen LogP contribution in [0.1, 0.15) is 45.2 Å². The molecule has 0 fully saturated rings. The molecule has 0 unspecified atom stereocenters. The number of hydrogen-bond acceptors (Lipinski definition) is 6. The van der Waals surface area contributed by atoms with Crippen LogP contribution in [-0.2, 0) is 9.59 Å². The van der Waals surface area contributed by atoms with Gasteiger partial charge in [-0.1, -0.05) is 26.0 Å². The number of hydrogen-bond donors (Lipinski definition) is 1. The molecule has 1 heterocycles. The quantitative estimate of drug-likeness (QED) is 0.716.